The van der Waals surface area contributed by atoms with Gasteiger partial charge in [0.1, 0.15) is 0 Å². The third-order valence-electron chi connectivity index (χ3n) is 4.31. The van der Waals surface area contributed by atoms with Gasteiger partial charge in [-0.1, -0.05) is 19.3 Å². The van der Waals surface area contributed by atoms with Gasteiger partial charge in [0.25, 0.3) is 0 Å². The standard InChI is InChI=1S/C7H10O3.C7H12O2/c8-7(9)4-1-2-5-6(3-4)10-5;8-7(9)6-4-2-1-3-5-6/h4-6H,1-3H2,(H,8,9);6H,1-5H2,(H,8,9). The Balaban J connectivity index is 0.000000141. The van der Waals surface area contributed by atoms with Crippen LogP contribution in [0, 0.1) is 11.8 Å². The monoisotopic (exact) mass is 270 g/mol. The first-order valence-electron chi connectivity index (χ1n) is 7.19. The third kappa shape index (κ3) is 4.20. The molecule has 0 aromatic heterocycles. The lowest BCUT2D eigenvalue weighted by molar-refractivity contribution is -0.143. The summed E-state index contributed by atoms with van der Waals surface area (Å²) in [6.45, 7) is 0. The van der Waals surface area contributed by atoms with Gasteiger partial charge in [0.05, 0.1) is 24.0 Å². The zero-order chi connectivity index (χ0) is 13.8. The van der Waals surface area contributed by atoms with Gasteiger partial charge in [-0.25, -0.2) is 0 Å². The summed E-state index contributed by atoms with van der Waals surface area (Å²) in [7, 11) is 0. The summed E-state index contributed by atoms with van der Waals surface area (Å²) in [4.78, 5) is 20.8. The Labute approximate surface area is 112 Å². The fraction of sp³-hybridized carbons (Fsp3) is 0.857. The minimum Gasteiger partial charge on any atom is -0.481 e. The van der Waals surface area contributed by atoms with E-state index in [0.29, 0.717) is 6.10 Å². The molecular weight excluding hydrogens is 248 g/mol. The highest BCUT2D eigenvalue weighted by molar-refractivity contribution is 5.70. The average Bonchev–Trinajstić information content (AvgIpc) is 3.18. The van der Waals surface area contributed by atoms with Gasteiger partial charge in [0.2, 0.25) is 0 Å². The highest BCUT2D eigenvalue weighted by Gasteiger charge is 2.45. The van der Waals surface area contributed by atoms with E-state index < -0.39 is 11.9 Å². The van der Waals surface area contributed by atoms with Crippen molar-refractivity contribution in [3.05, 3.63) is 0 Å². The van der Waals surface area contributed by atoms with Crippen molar-refractivity contribution in [2.24, 2.45) is 11.8 Å². The molecule has 1 heterocycles. The Hall–Kier alpha value is -1.10. The van der Waals surface area contributed by atoms with E-state index in [1.807, 2.05) is 0 Å². The molecule has 5 nitrogen and oxygen atoms in total. The van der Waals surface area contributed by atoms with E-state index in [4.69, 9.17) is 14.9 Å². The molecule has 0 radical (unpaired) electrons. The lowest BCUT2D eigenvalue weighted by atomic mass is 9.90. The Morgan fingerprint density at radius 3 is 1.89 bits per heavy atom. The maximum Gasteiger partial charge on any atom is 0.306 e. The number of rotatable bonds is 2. The predicted molar refractivity (Wildman–Crippen MR) is 67.8 cm³/mol. The molecule has 3 atom stereocenters. The van der Waals surface area contributed by atoms with Crippen molar-refractivity contribution in [1.29, 1.82) is 0 Å². The van der Waals surface area contributed by atoms with E-state index in [-0.39, 0.29) is 17.9 Å². The quantitative estimate of drug-likeness (QED) is 0.752. The molecule has 2 saturated carbocycles. The molecule has 0 aromatic carbocycles. The van der Waals surface area contributed by atoms with Gasteiger partial charge in [0.15, 0.2) is 0 Å². The molecule has 19 heavy (non-hydrogen) atoms. The molecule has 5 heteroatoms. The van der Waals surface area contributed by atoms with E-state index in [2.05, 4.69) is 0 Å². The van der Waals surface area contributed by atoms with E-state index in [1.54, 1.807) is 0 Å². The number of carbonyl (C=O) groups is 2. The number of epoxide rings is 1. The predicted octanol–water partition coefficient (Wildman–Crippen LogP) is 2.29. The van der Waals surface area contributed by atoms with Crippen LogP contribution in [0.25, 0.3) is 0 Å². The summed E-state index contributed by atoms with van der Waals surface area (Å²) in [5, 5.41) is 17.2. The molecule has 3 rings (SSSR count). The van der Waals surface area contributed by atoms with E-state index in [9.17, 15) is 9.59 Å². The van der Waals surface area contributed by atoms with Crippen molar-refractivity contribution >= 4 is 11.9 Å². The minimum absolute atomic E-state index is 0.0289. The Morgan fingerprint density at radius 2 is 1.42 bits per heavy atom. The molecular formula is C14H22O5. The van der Waals surface area contributed by atoms with Crippen molar-refractivity contribution in [1.82, 2.24) is 0 Å². The molecule has 0 bridgehead atoms. The number of hydrogen-bond donors (Lipinski definition) is 2. The van der Waals surface area contributed by atoms with Crippen molar-refractivity contribution in [2.75, 3.05) is 0 Å². The van der Waals surface area contributed by atoms with Crippen molar-refractivity contribution in [3.8, 4) is 0 Å². The van der Waals surface area contributed by atoms with Crippen LogP contribution in [-0.2, 0) is 14.3 Å². The van der Waals surface area contributed by atoms with Gasteiger partial charge in [-0.05, 0) is 32.1 Å². The zero-order valence-corrected chi connectivity index (χ0v) is 11.1. The largest absolute Gasteiger partial charge is 0.481 e. The van der Waals surface area contributed by atoms with Crippen LogP contribution in [0.1, 0.15) is 51.4 Å². The van der Waals surface area contributed by atoms with Crippen LogP contribution in [0.2, 0.25) is 0 Å². The molecule has 3 aliphatic rings. The molecule has 0 spiro atoms. The number of aliphatic carboxylic acids is 2. The lowest BCUT2D eigenvalue weighted by Gasteiger charge is -2.16. The van der Waals surface area contributed by atoms with Crippen molar-refractivity contribution in [3.63, 3.8) is 0 Å². The van der Waals surface area contributed by atoms with Crippen LogP contribution in [-0.4, -0.2) is 34.4 Å². The Bertz CT molecular complexity index is 335. The van der Waals surface area contributed by atoms with Crippen LogP contribution in [0.15, 0.2) is 0 Å². The van der Waals surface area contributed by atoms with Gasteiger partial charge in [-0.15, -0.1) is 0 Å². The second kappa shape index (κ2) is 6.37. The Morgan fingerprint density at radius 1 is 0.789 bits per heavy atom. The van der Waals surface area contributed by atoms with Gasteiger partial charge in [0, 0.05) is 0 Å². The molecule has 2 N–H and O–H groups in total. The fourth-order valence-electron chi connectivity index (χ4n) is 2.98. The smallest absolute Gasteiger partial charge is 0.306 e. The first kappa shape index (κ1) is 14.3. The molecule has 108 valence electrons. The molecule has 3 unspecified atom stereocenters. The number of carboxylic acids is 2. The Kier molecular flexibility index (Phi) is 4.80. The summed E-state index contributed by atoms with van der Waals surface area (Å²) in [5.41, 5.74) is 0. The molecule has 1 aliphatic heterocycles. The summed E-state index contributed by atoms with van der Waals surface area (Å²) in [5.74, 6) is -1.42. The first-order chi connectivity index (χ1) is 9.08. The van der Waals surface area contributed by atoms with Gasteiger partial charge >= 0.3 is 11.9 Å². The maximum atomic E-state index is 10.5. The summed E-state index contributed by atoms with van der Waals surface area (Å²) in [6, 6.07) is 0. The number of ether oxygens (including phenoxy) is 1. The molecule has 1 saturated heterocycles. The van der Waals surface area contributed by atoms with Crippen LogP contribution < -0.4 is 0 Å². The number of fused-ring (bicyclic) bond motifs is 1. The minimum atomic E-state index is -0.658. The first-order valence-corrected chi connectivity index (χ1v) is 7.19. The molecule has 0 amide bonds. The van der Waals surface area contributed by atoms with Gasteiger partial charge in [-0.2, -0.15) is 0 Å². The fourth-order valence-corrected chi connectivity index (χ4v) is 2.98. The second-order valence-corrected chi connectivity index (χ2v) is 5.73. The summed E-state index contributed by atoms with van der Waals surface area (Å²) >= 11 is 0. The van der Waals surface area contributed by atoms with Crippen LogP contribution in [0.4, 0.5) is 0 Å². The summed E-state index contributed by atoms with van der Waals surface area (Å²) in [6.07, 6.45) is 8.42. The van der Waals surface area contributed by atoms with Crippen LogP contribution >= 0.6 is 0 Å². The SMILES string of the molecule is O=C(O)C1CCC2OC2C1.O=C(O)C1CCCCC1. The lowest BCUT2D eigenvalue weighted by Crippen LogP contribution is -2.21. The average molecular weight is 270 g/mol. The second-order valence-electron chi connectivity index (χ2n) is 5.73. The highest BCUT2D eigenvalue weighted by Crippen LogP contribution is 2.39. The van der Waals surface area contributed by atoms with Gasteiger partial charge < -0.3 is 14.9 Å². The molecule has 0 aromatic rings. The van der Waals surface area contributed by atoms with E-state index in [1.165, 1.54) is 6.42 Å². The zero-order valence-electron chi connectivity index (χ0n) is 11.1. The van der Waals surface area contributed by atoms with Crippen molar-refractivity contribution < 1.29 is 24.5 Å². The normalized spacial score (nSPS) is 33.6. The van der Waals surface area contributed by atoms with Crippen LogP contribution in [0.3, 0.4) is 0 Å². The molecule has 3 fully saturated rings. The van der Waals surface area contributed by atoms with Crippen molar-refractivity contribution in [2.45, 2.75) is 63.6 Å². The highest BCUT2D eigenvalue weighted by atomic mass is 16.6. The van der Waals surface area contributed by atoms with Crippen LogP contribution in [0.5, 0.6) is 0 Å². The number of carboxylic acid groups (broad SMARTS) is 2. The number of hydrogen-bond acceptors (Lipinski definition) is 3. The van der Waals surface area contributed by atoms with E-state index >= 15 is 0 Å². The third-order valence-corrected chi connectivity index (χ3v) is 4.31. The van der Waals surface area contributed by atoms with E-state index in [0.717, 1.165) is 44.9 Å². The maximum absolute atomic E-state index is 10.5. The van der Waals surface area contributed by atoms with Gasteiger partial charge in [-0.3, -0.25) is 9.59 Å². The topological polar surface area (TPSA) is 87.1 Å². The molecule has 2 aliphatic carbocycles. The summed E-state index contributed by atoms with van der Waals surface area (Å²) < 4.78 is 5.19.